The second-order valence-electron chi connectivity index (χ2n) is 9.65. The molecule has 5 heteroatoms. The zero-order valence-corrected chi connectivity index (χ0v) is 26.9. The van der Waals surface area contributed by atoms with E-state index in [9.17, 15) is 9.59 Å². The topological polar surface area (TPSA) is 74.6 Å². The molecule has 0 aromatic rings. The number of carbonyl (C=O) groups is 2. The molecule has 0 aromatic heterocycles. The molecule has 0 rings (SSSR count). The molecule has 231 valence electrons. The maximum absolute atomic E-state index is 10.2. The number of carboxylic acid groups (broad SMARTS) is 2. The van der Waals surface area contributed by atoms with Crippen molar-refractivity contribution in [3.8, 4) is 0 Å². The van der Waals surface area contributed by atoms with Crippen LogP contribution < -0.4 is 0 Å². The molecule has 0 aromatic carbocycles. The van der Waals surface area contributed by atoms with Crippen LogP contribution in [0.3, 0.4) is 0 Å². The first kappa shape index (κ1) is 46.5. The smallest absolute Gasteiger partial charge is 0.303 e. The Hall–Kier alpha value is -0.320. The molecule has 0 bridgehead atoms. The van der Waals surface area contributed by atoms with E-state index in [0.29, 0.717) is 12.8 Å². The molecule has 2 N–H and O–H groups in total. The van der Waals surface area contributed by atoms with Gasteiger partial charge in [0.25, 0.3) is 0 Å². The molecule has 1 radical (unpaired) electrons. The van der Waals surface area contributed by atoms with Gasteiger partial charge in [-0.05, 0) is 12.8 Å². The Morgan fingerprint density at radius 1 is 0.432 bits per heavy atom. The molecule has 0 saturated carbocycles. The van der Waals surface area contributed by atoms with E-state index in [-0.39, 0.29) is 22.4 Å². The first-order valence-electron chi connectivity index (χ1n) is 15.4. The minimum Gasteiger partial charge on any atom is -0.481 e. The third-order valence-corrected chi connectivity index (χ3v) is 5.70. The first-order valence-corrected chi connectivity index (χ1v) is 15.4. The average Bonchev–Trinajstić information content (AvgIpc) is 2.87. The fourth-order valence-electron chi connectivity index (χ4n) is 3.17. The van der Waals surface area contributed by atoms with Gasteiger partial charge in [0.1, 0.15) is 0 Å². The van der Waals surface area contributed by atoms with E-state index in [1.165, 1.54) is 103 Å². The van der Waals surface area contributed by atoms with Gasteiger partial charge in [-0.2, -0.15) is 12.8 Å². The van der Waals surface area contributed by atoms with Crippen molar-refractivity contribution in [2.24, 2.45) is 0 Å². The largest absolute Gasteiger partial charge is 0.481 e. The van der Waals surface area contributed by atoms with E-state index in [4.69, 9.17) is 10.2 Å². The molecule has 0 aliphatic carbocycles. The molecule has 0 spiro atoms. The number of hydrogen-bond acceptors (Lipinski definition) is 2. The van der Waals surface area contributed by atoms with Gasteiger partial charge in [0, 0.05) is 35.2 Å². The van der Waals surface area contributed by atoms with Gasteiger partial charge in [-0.3, -0.25) is 9.59 Å². The molecule has 0 atom stereocenters. The molecular weight excluding hydrogens is 556 g/mol. The Morgan fingerprint density at radius 3 is 0.784 bits per heavy atom. The van der Waals surface area contributed by atoms with Crippen molar-refractivity contribution >= 4 is 11.9 Å². The fourth-order valence-corrected chi connectivity index (χ4v) is 3.17. The fraction of sp³-hybridized carbons (Fsp3) is 0.875. The molecule has 0 unspecified atom stereocenters. The van der Waals surface area contributed by atoms with Gasteiger partial charge in [0.2, 0.25) is 0 Å². The first-order chi connectivity index (χ1) is 17.4. The molecule has 0 aliphatic rings. The Morgan fingerprint density at radius 2 is 0.622 bits per heavy atom. The second kappa shape index (κ2) is 48.7. The molecule has 0 amide bonds. The number of hydrogen-bond donors (Lipinski definition) is 2. The van der Waals surface area contributed by atoms with Gasteiger partial charge in [0.15, 0.2) is 0 Å². The second-order valence-corrected chi connectivity index (χ2v) is 9.65. The standard InChI is InChI=1S/2C12H24O2.2C4H9.Ag/c2*1-2-3-4-5-6-7-8-9-10-11-12(13)14;2*1-3-4-2;/h2*2-11H2,1H3,(H,13,14);2*1,3-4H2,2H3;/q;;2*-1;. The summed E-state index contributed by atoms with van der Waals surface area (Å²) in [5.41, 5.74) is 0. The van der Waals surface area contributed by atoms with Crippen LogP contribution in [0.15, 0.2) is 0 Å². The molecule has 0 fully saturated rings. The van der Waals surface area contributed by atoms with E-state index < -0.39 is 11.9 Å². The predicted molar refractivity (Wildman–Crippen MR) is 159 cm³/mol. The van der Waals surface area contributed by atoms with E-state index >= 15 is 0 Å². The third-order valence-electron chi connectivity index (χ3n) is 5.70. The quantitative estimate of drug-likeness (QED) is 0.0716. The number of aliphatic carboxylic acids is 2. The zero-order valence-electron chi connectivity index (χ0n) is 25.4. The summed E-state index contributed by atoms with van der Waals surface area (Å²) >= 11 is 0. The van der Waals surface area contributed by atoms with Crippen molar-refractivity contribution in [3.63, 3.8) is 0 Å². The summed E-state index contributed by atoms with van der Waals surface area (Å²) in [6.45, 7) is 15.9. The summed E-state index contributed by atoms with van der Waals surface area (Å²) < 4.78 is 0. The van der Waals surface area contributed by atoms with Crippen LogP contribution in [0, 0.1) is 13.8 Å². The average molecular weight is 623 g/mol. The van der Waals surface area contributed by atoms with Crippen molar-refractivity contribution in [3.05, 3.63) is 13.8 Å². The maximum atomic E-state index is 10.2. The third kappa shape index (κ3) is 72.2. The van der Waals surface area contributed by atoms with Crippen LogP contribution in [0.5, 0.6) is 0 Å². The van der Waals surface area contributed by atoms with Gasteiger partial charge in [0.05, 0.1) is 0 Å². The van der Waals surface area contributed by atoms with Crippen LogP contribution in [-0.4, -0.2) is 22.2 Å². The summed E-state index contributed by atoms with van der Waals surface area (Å²) in [5.74, 6) is -1.32. The van der Waals surface area contributed by atoms with E-state index in [0.717, 1.165) is 38.5 Å². The van der Waals surface area contributed by atoms with E-state index in [1.54, 1.807) is 0 Å². The summed E-state index contributed by atoms with van der Waals surface area (Å²) in [7, 11) is 0. The van der Waals surface area contributed by atoms with Gasteiger partial charge in [-0.25, -0.2) is 0 Å². The van der Waals surface area contributed by atoms with Crippen molar-refractivity contribution < 1.29 is 42.2 Å². The number of rotatable bonds is 22. The van der Waals surface area contributed by atoms with Crippen molar-refractivity contribution in [1.29, 1.82) is 0 Å². The Kier molecular flexibility index (Phi) is 61.3. The molecular formula is C32H66AgO4-2. The minimum absolute atomic E-state index is 0. The number of unbranched alkanes of at least 4 members (excludes halogenated alkanes) is 18. The molecule has 0 aliphatic heterocycles. The van der Waals surface area contributed by atoms with Crippen LogP contribution in [0.1, 0.15) is 182 Å². The van der Waals surface area contributed by atoms with Crippen LogP contribution in [0.4, 0.5) is 0 Å². The van der Waals surface area contributed by atoms with E-state index in [1.807, 2.05) is 0 Å². The maximum Gasteiger partial charge on any atom is 0.303 e. The summed E-state index contributed by atoms with van der Waals surface area (Å²) in [4.78, 5) is 20.4. The predicted octanol–water partition coefficient (Wildman–Crippen LogP) is 11.2. The van der Waals surface area contributed by atoms with Crippen LogP contribution in [-0.2, 0) is 32.0 Å². The molecule has 0 heterocycles. The van der Waals surface area contributed by atoms with E-state index in [2.05, 4.69) is 41.5 Å². The minimum atomic E-state index is -0.659. The Bertz CT molecular complexity index is 349. The van der Waals surface area contributed by atoms with Crippen molar-refractivity contribution in [2.75, 3.05) is 0 Å². The Labute approximate surface area is 249 Å². The summed E-state index contributed by atoms with van der Waals surface area (Å²) in [5, 5.41) is 16.8. The molecule has 37 heavy (non-hydrogen) atoms. The van der Waals surface area contributed by atoms with Crippen LogP contribution in [0.2, 0.25) is 0 Å². The van der Waals surface area contributed by atoms with Gasteiger partial charge >= 0.3 is 11.9 Å². The monoisotopic (exact) mass is 621 g/mol. The normalized spacial score (nSPS) is 9.46. The van der Waals surface area contributed by atoms with Crippen molar-refractivity contribution in [1.82, 2.24) is 0 Å². The van der Waals surface area contributed by atoms with Gasteiger partial charge in [-0.1, -0.05) is 143 Å². The van der Waals surface area contributed by atoms with Gasteiger partial charge < -0.3 is 24.1 Å². The SMILES string of the molecule is CCCCCCCCCCCC(=O)O.CCCCCCCCCCCC(=O)O.[Ag].[CH2-]CCC.[CH2-]CCC. The van der Waals surface area contributed by atoms with Gasteiger partial charge in [-0.15, -0.1) is 0 Å². The number of carboxylic acids is 2. The molecule has 4 nitrogen and oxygen atoms in total. The molecule has 0 saturated heterocycles. The van der Waals surface area contributed by atoms with Crippen LogP contribution >= 0.6 is 0 Å². The zero-order chi connectivity index (χ0) is 28.1. The summed E-state index contributed by atoms with van der Waals surface area (Å²) in [6.07, 6.45) is 27.5. The van der Waals surface area contributed by atoms with Crippen LogP contribution in [0.25, 0.3) is 0 Å². The van der Waals surface area contributed by atoms with Crippen molar-refractivity contribution in [2.45, 2.75) is 182 Å². The summed E-state index contributed by atoms with van der Waals surface area (Å²) in [6, 6.07) is 0. The Balaban J connectivity index is -0.000000140.